The van der Waals surface area contributed by atoms with Crippen LogP contribution in [0.5, 0.6) is 6.01 Å². The van der Waals surface area contributed by atoms with E-state index in [1.807, 2.05) is 13.8 Å². The predicted octanol–water partition coefficient (Wildman–Crippen LogP) is 0.833. The molecule has 0 aromatic carbocycles. The molecule has 0 aliphatic heterocycles. The highest BCUT2D eigenvalue weighted by molar-refractivity contribution is 4.99. The maximum Gasteiger partial charge on any atom is 0.299 e. The number of methoxy groups -OCH3 is 1. The number of hydrogen-bond acceptors (Lipinski definition) is 3. The molecule has 4 heteroatoms. The van der Waals surface area contributed by atoms with Gasteiger partial charge in [-0.2, -0.15) is 4.98 Å². The van der Waals surface area contributed by atoms with E-state index in [0.29, 0.717) is 6.01 Å². The molecule has 0 fully saturated rings. The Morgan fingerprint density at radius 1 is 1.58 bits per heavy atom. The molecule has 66 valence electrons. The van der Waals surface area contributed by atoms with Crippen molar-refractivity contribution in [3.63, 3.8) is 0 Å². The van der Waals surface area contributed by atoms with Crippen LogP contribution in [0.3, 0.4) is 0 Å². The average molecular weight is 168 g/mol. The first kappa shape index (κ1) is 8.77. The fraction of sp³-hybridized carbons (Fsp3) is 0.500. The van der Waals surface area contributed by atoms with E-state index in [1.165, 1.54) is 13.2 Å². The quantitative estimate of drug-likeness (QED) is 0.657. The molecule has 0 amide bonds. The molecule has 0 saturated carbocycles. The van der Waals surface area contributed by atoms with Gasteiger partial charge in [-0.3, -0.25) is 4.79 Å². The molecule has 1 heterocycles. The Labute approximate surface area is 70.8 Å². The fourth-order valence-electron chi connectivity index (χ4n) is 0.941. The van der Waals surface area contributed by atoms with E-state index in [0.717, 1.165) is 0 Å². The summed E-state index contributed by atoms with van der Waals surface area (Å²) in [5.74, 6) is 0. The highest BCUT2D eigenvalue weighted by Gasteiger charge is 2.04. The number of hydrogen-bond donors (Lipinski definition) is 0. The zero-order valence-electron chi connectivity index (χ0n) is 7.44. The van der Waals surface area contributed by atoms with E-state index < -0.39 is 0 Å². The smallest absolute Gasteiger partial charge is 0.299 e. The van der Waals surface area contributed by atoms with E-state index in [4.69, 9.17) is 4.74 Å². The second-order valence-electron chi connectivity index (χ2n) is 2.75. The molecule has 0 N–H and O–H groups in total. The maximum absolute atomic E-state index is 10.8. The van der Waals surface area contributed by atoms with E-state index in [1.54, 1.807) is 10.8 Å². The molecule has 0 spiro atoms. The van der Waals surface area contributed by atoms with Gasteiger partial charge < -0.3 is 9.30 Å². The first-order chi connectivity index (χ1) is 5.65. The van der Waals surface area contributed by atoms with E-state index in [2.05, 4.69) is 4.98 Å². The molecule has 0 aliphatic rings. The summed E-state index contributed by atoms with van der Waals surface area (Å²) in [5.41, 5.74) is -0.274. The van der Waals surface area contributed by atoms with Crippen LogP contribution in [0.4, 0.5) is 0 Å². The highest BCUT2D eigenvalue weighted by atomic mass is 16.5. The summed E-state index contributed by atoms with van der Waals surface area (Å²) < 4.78 is 6.73. The predicted molar refractivity (Wildman–Crippen MR) is 45.4 cm³/mol. The molecular formula is C8H12N2O2. The monoisotopic (exact) mass is 168 g/mol. The van der Waals surface area contributed by atoms with E-state index in [9.17, 15) is 4.79 Å². The van der Waals surface area contributed by atoms with Gasteiger partial charge in [0.1, 0.15) is 0 Å². The van der Waals surface area contributed by atoms with Gasteiger partial charge in [-0.25, -0.2) is 0 Å². The number of nitrogens with zero attached hydrogens (tertiary/aromatic N) is 2. The van der Waals surface area contributed by atoms with Crippen LogP contribution >= 0.6 is 0 Å². The fourth-order valence-corrected chi connectivity index (χ4v) is 0.941. The van der Waals surface area contributed by atoms with Crippen molar-refractivity contribution in [3.8, 4) is 6.01 Å². The number of ether oxygens (including phenoxy) is 1. The summed E-state index contributed by atoms with van der Waals surface area (Å²) in [5, 5.41) is 0. The number of aromatic nitrogens is 2. The van der Waals surface area contributed by atoms with Crippen molar-refractivity contribution in [1.29, 1.82) is 0 Å². The molecule has 1 rings (SSSR count). The minimum atomic E-state index is -0.274. The third-order valence-electron chi connectivity index (χ3n) is 1.54. The largest absolute Gasteiger partial charge is 0.468 e. The molecule has 0 radical (unpaired) electrons. The van der Waals surface area contributed by atoms with E-state index in [-0.39, 0.29) is 11.6 Å². The molecule has 1 aromatic heterocycles. The molecule has 0 aliphatic carbocycles. The van der Waals surface area contributed by atoms with Gasteiger partial charge >= 0.3 is 0 Å². The summed E-state index contributed by atoms with van der Waals surface area (Å²) in [4.78, 5) is 14.5. The Bertz CT molecular complexity index is 317. The average Bonchev–Trinajstić information content (AvgIpc) is 2.03. The van der Waals surface area contributed by atoms with Crippen molar-refractivity contribution in [2.75, 3.05) is 7.11 Å². The molecule has 0 bridgehead atoms. The van der Waals surface area contributed by atoms with Gasteiger partial charge in [0, 0.05) is 18.3 Å². The molecule has 0 atom stereocenters. The summed E-state index contributed by atoms with van der Waals surface area (Å²) in [6.07, 6.45) is 1.68. The van der Waals surface area contributed by atoms with Crippen molar-refractivity contribution in [2.24, 2.45) is 0 Å². The first-order valence-corrected chi connectivity index (χ1v) is 3.78. The highest BCUT2D eigenvalue weighted by Crippen LogP contribution is 2.10. The lowest BCUT2D eigenvalue weighted by Crippen LogP contribution is -2.14. The Kier molecular flexibility index (Phi) is 2.47. The van der Waals surface area contributed by atoms with Gasteiger partial charge in [-0.1, -0.05) is 0 Å². The normalized spacial score (nSPS) is 10.3. The zero-order valence-corrected chi connectivity index (χ0v) is 7.44. The van der Waals surface area contributed by atoms with Gasteiger partial charge in [-0.05, 0) is 13.8 Å². The maximum atomic E-state index is 10.8. The van der Waals surface area contributed by atoms with Crippen LogP contribution in [-0.2, 0) is 0 Å². The second-order valence-corrected chi connectivity index (χ2v) is 2.75. The minimum absolute atomic E-state index is 0.244. The Morgan fingerprint density at radius 3 is 2.75 bits per heavy atom. The SMILES string of the molecule is COc1nc(=O)ccn1C(C)C. The molecule has 1 aromatic rings. The van der Waals surface area contributed by atoms with Gasteiger partial charge in [0.2, 0.25) is 0 Å². The zero-order chi connectivity index (χ0) is 9.14. The van der Waals surface area contributed by atoms with Crippen molar-refractivity contribution in [2.45, 2.75) is 19.9 Å². The summed E-state index contributed by atoms with van der Waals surface area (Å²) >= 11 is 0. The Hall–Kier alpha value is -1.32. The molecule has 4 nitrogen and oxygen atoms in total. The summed E-state index contributed by atoms with van der Waals surface area (Å²) in [6, 6.07) is 2.02. The first-order valence-electron chi connectivity index (χ1n) is 3.78. The third-order valence-corrected chi connectivity index (χ3v) is 1.54. The van der Waals surface area contributed by atoms with Crippen LogP contribution in [0.15, 0.2) is 17.1 Å². The van der Waals surface area contributed by atoms with Crippen molar-refractivity contribution >= 4 is 0 Å². The topological polar surface area (TPSA) is 44.1 Å². The molecule has 12 heavy (non-hydrogen) atoms. The van der Waals surface area contributed by atoms with Crippen molar-refractivity contribution in [1.82, 2.24) is 9.55 Å². The van der Waals surface area contributed by atoms with Crippen molar-refractivity contribution in [3.05, 3.63) is 22.6 Å². The molecule has 0 unspecified atom stereocenters. The van der Waals surface area contributed by atoms with Gasteiger partial charge in [0.25, 0.3) is 11.6 Å². The van der Waals surface area contributed by atoms with Gasteiger partial charge in [0.15, 0.2) is 0 Å². The Balaban J connectivity index is 3.20. The summed E-state index contributed by atoms with van der Waals surface area (Å²) in [7, 11) is 1.50. The van der Waals surface area contributed by atoms with E-state index >= 15 is 0 Å². The van der Waals surface area contributed by atoms with Crippen LogP contribution in [0.25, 0.3) is 0 Å². The van der Waals surface area contributed by atoms with Crippen molar-refractivity contribution < 1.29 is 4.74 Å². The van der Waals surface area contributed by atoms with Gasteiger partial charge in [0.05, 0.1) is 7.11 Å². The third kappa shape index (κ3) is 1.64. The van der Waals surface area contributed by atoms with Crippen LogP contribution in [0.1, 0.15) is 19.9 Å². The lowest BCUT2D eigenvalue weighted by molar-refractivity contribution is 0.336. The van der Waals surface area contributed by atoms with Gasteiger partial charge in [-0.15, -0.1) is 0 Å². The Morgan fingerprint density at radius 2 is 2.25 bits per heavy atom. The van der Waals surface area contributed by atoms with Crippen LogP contribution in [0, 0.1) is 0 Å². The second kappa shape index (κ2) is 3.38. The molecule has 0 saturated heterocycles. The number of rotatable bonds is 2. The van der Waals surface area contributed by atoms with Crippen LogP contribution in [0.2, 0.25) is 0 Å². The lowest BCUT2D eigenvalue weighted by Gasteiger charge is -2.12. The standard InChI is InChI=1S/C8H12N2O2/c1-6(2)10-5-4-7(11)9-8(10)12-3/h4-6H,1-3H3. The molecular weight excluding hydrogens is 156 g/mol. The van der Waals surface area contributed by atoms with Crippen LogP contribution < -0.4 is 10.3 Å². The van der Waals surface area contributed by atoms with Crippen LogP contribution in [-0.4, -0.2) is 16.7 Å². The summed E-state index contributed by atoms with van der Waals surface area (Å²) in [6.45, 7) is 3.99. The minimum Gasteiger partial charge on any atom is -0.468 e. The lowest BCUT2D eigenvalue weighted by atomic mass is 10.4.